The van der Waals surface area contributed by atoms with Gasteiger partial charge in [-0.25, -0.2) is 4.98 Å². The number of piperidine rings is 1. The molecule has 2 heterocycles. The van der Waals surface area contributed by atoms with Gasteiger partial charge in [-0.1, -0.05) is 18.2 Å². The molecular formula is C19H20N4S. The molecule has 3 aromatic rings. The van der Waals surface area contributed by atoms with E-state index in [4.69, 9.17) is 10.1 Å². The van der Waals surface area contributed by atoms with Gasteiger partial charge in [0.25, 0.3) is 0 Å². The number of rotatable bonds is 3. The van der Waals surface area contributed by atoms with Crippen molar-refractivity contribution in [2.24, 2.45) is 5.14 Å². The van der Waals surface area contributed by atoms with E-state index >= 15 is 0 Å². The van der Waals surface area contributed by atoms with Gasteiger partial charge in [0.05, 0.1) is 17.2 Å². The zero-order valence-electron chi connectivity index (χ0n) is 13.5. The Labute approximate surface area is 146 Å². The third kappa shape index (κ3) is 3.09. The van der Waals surface area contributed by atoms with Gasteiger partial charge in [0, 0.05) is 18.0 Å². The Bertz CT molecular complexity index is 842. The number of anilines is 1. The van der Waals surface area contributed by atoms with E-state index in [0.29, 0.717) is 0 Å². The van der Waals surface area contributed by atoms with Crippen LogP contribution in [0.5, 0.6) is 0 Å². The highest BCUT2D eigenvalue weighted by Crippen LogP contribution is 2.26. The molecule has 0 spiro atoms. The molecule has 0 aliphatic carbocycles. The maximum atomic E-state index is 5.59. The van der Waals surface area contributed by atoms with Crippen LogP contribution in [0, 0.1) is 0 Å². The minimum Gasteiger partial charge on any atom is -0.355 e. The van der Waals surface area contributed by atoms with Crippen molar-refractivity contribution in [3.05, 3.63) is 48.7 Å². The van der Waals surface area contributed by atoms with Gasteiger partial charge < -0.3 is 4.90 Å². The van der Waals surface area contributed by atoms with Gasteiger partial charge in [-0.2, -0.15) is 0 Å². The molecule has 0 atom stereocenters. The Balaban J connectivity index is 1.69. The van der Waals surface area contributed by atoms with Crippen LogP contribution < -0.4 is 10.0 Å². The number of nitrogens with zero attached hydrogens (tertiary/aromatic N) is 3. The van der Waals surface area contributed by atoms with Crippen molar-refractivity contribution >= 4 is 28.8 Å². The molecule has 0 bridgehead atoms. The van der Waals surface area contributed by atoms with Crippen LogP contribution >= 0.6 is 11.9 Å². The Morgan fingerprint density at radius 1 is 0.875 bits per heavy atom. The van der Waals surface area contributed by atoms with Gasteiger partial charge in [0.1, 0.15) is 5.82 Å². The van der Waals surface area contributed by atoms with Crippen LogP contribution in [0.4, 0.5) is 5.82 Å². The maximum absolute atomic E-state index is 5.59. The third-order valence-electron chi connectivity index (χ3n) is 4.53. The maximum Gasteiger partial charge on any atom is 0.147 e. The van der Waals surface area contributed by atoms with Crippen LogP contribution in [0.25, 0.3) is 22.2 Å². The second-order valence-corrected chi connectivity index (χ2v) is 6.83. The first kappa shape index (κ1) is 15.4. The SMILES string of the molecule is NSc1ccc(-c2ccc3ncc(N4CCCCC4)nc3c2)cc1. The third-order valence-corrected chi connectivity index (χ3v) is 5.08. The lowest BCUT2D eigenvalue weighted by Crippen LogP contribution is -2.30. The number of hydrogen-bond acceptors (Lipinski definition) is 5. The predicted octanol–water partition coefficient (Wildman–Crippen LogP) is 4.25. The van der Waals surface area contributed by atoms with Crippen molar-refractivity contribution in [3.8, 4) is 11.1 Å². The van der Waals surface area contributed by atoms with Crippen molar-refractivity contribution in [1.29, 1.82) is 0 Å². The lowest BCUT2D eigenvalue weighted by atomic mass is 10.1. The molecule has 4 nitrogen and oxygen atoms in total. The zero-order chi connectivity index (χ0) is 16.4. The lowest BCUT2D eigenvalue weighted by molar-refractivity contribution is 0.573. The Kier molecular flexibility index (Phi) is 4.36. The van der Waals surface area contributed by atoms with E-state index in [0.717, 1.165) is 40.4 Å². The smallest absolute Gasteiger partial charge is 0.147 e. The number of benzene rings is 2. The van der Waals surface area contributed by atoms with Crippen molar-refractivity contribution in [1.82, 2.24) is 9.97 Å². The molecular weight excluding hydrogens is 316 g/mol. The second-order valence-electron chi connectivity index (χ2n) is 6.12. The summed E-state index contributed by atoms with van der Waals surface area (Å²) in [5.74, 6) is 0.995. The summed E-state index contributed by atoms with van der Waals surface area (Å²) in [6.07, 6.45) is 5.70. The molecule has 1 aliphatic rings. The van der Waals surface area contributed by atoms with E-state index < -0.39 is 0 Å². The molecule has 5 heteroatoms. The minimum absolute atomic E-state index is 0.939. The quantitative estimate of drug-likeness (QED) is 0.725. The fourth-order valence-electron chi connectivity index (χ4n) is 3.18. The molecule has 2 N–H and O–H groups in total. The van der Waals surface area contributed by atoms with Gasteiger partial charge in [-0.05, 0) is 66.6 Å². The highest BCUT2D eigenvalue weighted by Gasteiger charge is 2.13. The molecule has 0 unspecified atom stereocenters. The number of fused-ring (bicyclic) bond motifs is 1. The predicted molar refractivity (Wildman–Crippen MR) is 101 cm³/mol. The first-order valence-corrected chi connectivity index (χ1v) is 9.20. The summed E-state index contributed by atoms with van der Waals surface area (Å²) >= 11 is 1.27. The fourth-order valence-corrected chi connectivity index (χ4v) is 3.48. The molecule has 24 heavy (non-hydrogen) atoms. The van der Waals surface area contributed by atoms with Crippen LogP contribution in [0.1, 0.15) is 19.3 Å². The topological polar surface area (TPSA) is 55.0 Å². The van der Waals surface area contributed by atoms with Gasteiger partial charge in [-0.15, -0.1) is 0 Å². The lowest BCUT2D eigenvalue weighted by Gasteiger charge is -2.27. The first-order valence-electron chi connectivity index (χ1n) is 8.32. The molecule has 1 fully saturated rings. The zero-order valence-corrected chi connectivity index (χ0v) is 14.3. The fraction of sp³-hybridized carbons (Fsp3) is 0.263. The summed E-state index contributed by atoms with van der Waals surface area (Å²) in [7, 11) is 0. The van der Waals surface area contributed by atoms with Gasteiger partial charge in [0.15, 0.2) is 0 Å². The summed E-state index contributed by atoms with van der Waals surface area (Å²) in [6, 6.07) is 14.5. The summed E-state index contributed by atoms with van der Waals surface area (Å²) in [6.45, 7) is 2.16. The minimum atomic E-state index is 0.939. The molecule has 1 aromatic heterocycles. The van der Waals surface area contributed by atoms with Crippen LogP contribution in [0.3, 0.4) is 0 Å². The molecule has 2 aromatic carbocycles. The Hall–Kier alpha value is -2.11. The first-order chi connectivity index (χ1) is 11.8. The van der Waals surface area contributed by atoms with Crippen LogP contribution in [0.2, 0.25) is 0 Å². The molecule has 0 saturated carbocycles. The molecule has 0 amide bonds. The van der Waals surface area contributed by atoms with E-state index in [-0.39, 0.29) is 0 Å². The van der Waals surface area contributed by atoms with E-state index in [1.54, 1.807) is 0 Å². The monoisotopic (exact) mass is 336 g/mol. The van der Waals surface area contributed by atoms with Gasteiger partial charge in [0.2, 0.25) is 0 Å². The largest absolute Gasteiger partial charge is 0.355 e. The molecule has 1 saturated heterocycles. The molecule has 0 radical (unpaired) electrons. The normalized spacial score (nSPS) is 15.0. The van der Waals surface area contributed by atoms with E-state index in [1.807, 2.05) is 24.4 Å². The summed E-state index contributed by atoms with van der Waals surface area (Å²) < 4.78 is 0. The number of aromatic nitrogens is 2. The molecule has 4 rings (SSSR count). The second kappa shape index (κ2) is 6.79. The molecule has 1 aliphatic heterocycles. The van der Waals surface area contributed by atoms with E-state index in [1.165, 1.54) is 36.8 Å². The average molecular weight is 336 g/mol. The van der Waals surface area contributed by atoms with Gasteiger partial charge >= 0.3 is 0 Å². The Morgan fingerprint density at radius 3 is 2.38 bits per heavy atom. The summed E-state index contributed by atoms with van der Waals surface area (Å²) in [5.41, 5.74) is 4.21. The van der Waals surface area contributed by atoms with E-state index in [9.17, 15) is 0 Å². The summed E-state index contributed by atoms with van der Waals surface area (Å²) in [4.78, 5) is 12.9. The van der Waals surface area contributed by atoms with Crippen molar-refractivity contribution in [2.75, 3.05) is 18.0 Å². The summed E-state index contributed by atoms with van der Waals surface area (Å²) in [5, 5.41) is 5.59. The Morgan fingerprint density at radius 2 is 1.62 bits per heavy atom. The average Bonchev–Trinajstić information content (AvgIpc) is 2.68. The van der Waals surface area contributed by atoms with E-state index in [2.05, 4.69) is 34.1 Å². The highest BCUT2D eigenvalue weighted by atomic mass is 32.2. The standard InChI is InChI=1S/C19H20N4S/c20-24-16-7-4-14(5-8-16)15-6-9-17-18(12-15)22-19(13-21-17)23-10-2-1-3-11-23/h4-9,12-13H,1-3,10-11,20H2. The van der Waals surface area contributed by atoms with Gasteiger partial charge in [-0.3, -0.25) is 10.1 Å². The van der Waals surface area contributed by atoms with Crippen molar-refractivity contribution in [3.63, 3.8) is 0 Å². The number of hydrogen-bond donors (Lipinski definition) is 1. The van der Waals surface area contributed by atoms with Crippen molar-refractivity contribution in [2.45, 2.75) is 24.2 Å². The number of nitrogens with two attached hydrogens (primary N) is 1. The molecule has 122 valence electrons. The van der Waals surface area contributed by atoms with Crippen LogP contribution in [-0.2, 0) is 0 Å². The van der Waals surface area contributed by atoms with Crippen LogP contribution in [-0.4, -0.2) is 23.1 Å². The van der Waals surface area contributed by atoms with Crippen molar-refractivity contribution < 1.29 is 0 Å². The highest BCUT2D eigenvalue weighted by molar-refractivity contribution is 7.97. The van der Waals surface area contributed by atoms with Crippen LogP contribution in [0.15, 0.2) is 53.6 Å².